The lowest BCUT2D eigenvalue weighted by atomic mass is 9.93. The maximum atomic E-state index is 13.2. The predicted octanol–water partition coefficient (Wildman–Crippen LogP) is 5.99. The number of hydrogen-bond acceptors (Lipinski definition) is 4. The summed E-state index contributed by atoms with van der Waals surface area (Å²) in [6, 6.07) is 21.4. The van der Waals surface area contributed by atoms with Crippen molar-refractivity contribution in [2.45, 2.75) is 32.2 Å². The average Bonchev–Trinajstić information content (AvgIpc) is 2.91. The summed E-state index contributed by atoms with van der Waals surface area (Å²) in [5.74, 6) is 0.475. The number of nitrogens with zero attached hydrogens (tertiary/aromatic N) is 1. The summed E-state index contributed by atoms with van der Waals surface area (Å²) in [6.45, 7) is 3.24. The van der Waals surface area contributed by atoms with E-state index in [9.17, 15) is 9.59 Å². The molecule has 37 heavy (non-hydrogen) atoms. The summed E-state index contributed by atoms with van der Waals surface area (Å²) in [6.07, 6.45) is 4.43. The molecule has 5 N–H and O–H groups in total. The summed E-state index contributed by atoms with van der Waals surface area (Å²) in [5.41, 5.74) is 9.20. The molecule has 194 valence electrons. The quantitative estimate of drug-likeness (QED) is 0.261. The van der Waals surface area contributed by atoms with Crippen LogP contribution in [0.15, 0.2) is 72.8 Å². The number of halogens is 1. The minimum atomic E-state index is -0.233. The Kier molecular flexibility index (Phi) is 9.40. The lowest BCUT2D eigenvalue weighted by molar-refractivity contribution is 0.102. The Hall–Kier alpha value is -3.55. The topological polar surface area (TPSA) is 99.5 Å². The first kappa shape index (κ1) is 26.5. The number of urea groups is 1. The zero-order valence-electron chi connectivity index (χ0n) is 20.9. The number of nitrogens with two attached hydrogens (primary N) is 1. The number of rotatable bonds is 9. The van der Waals surface area contributed by atoms with Crippen LogP contribution in [-0.4, -0.2) is 36.5 Å². The molecule has 8 heteroatoms. The number of benzene rings is 3. The molecule has 0 atom stereocenters. The van der Waals surface area contributed by atoms with Gasteiger partial charge in [0.2, 0.25) is 0 Å². The summed E-state index contributed by atoms with van der Waals surface area (Å²) < 4.78 is 0. The van der Waals surface area contributed by atoms with Gasteiger partial charge in [0.05, 0.1) is 11.4 Å². The Morgan fingerprint density at radius 3 is 2.35 bits per heavy atom. The highest BCUT2D eigenvalue weighted by Crippen LogP contribution is 2.21. The molecule has 1 aliphatic heterocycles. The van der Waals surface area contributed by atoms with Gasteiger partial charge in [0, 0.05) is 29.4 Å². The molecule has 0 aliphatic carbocycles. The molecule has 4 rings (SSSR count). The maximum absolute atomic E-state index is 13.2. The van der Waals surface area contributed by atoms with E-state index in [-0.39, 0.29) is 11.9 Å². The van der Waals surface area contributed by atoms with E-state index in [0.29, 0.717) is 46.7 Å². The van der Waals surface area contributed by atoms with E-state index < -0.39 is 0 Å². The van der Waals surface area contributed by atoms with E-state index in [0.717, 1.165) is 31.5 Å². The number of hydrogen-bond donors (Lipinski definition) is 4. The van der Waals surface area contributed by atoms with Gasteiger partial charge in [0.15, 0.2) is 0 Å². The number of nitrogen functional groups attached to an aromatic ring is 1. The predicted molar refractivity (Wildman–Crippen MR) is 151 cm³/mol. The van der Waals surface area contributed by atoms with Gasteiger partial charge >= 0.3 is 6.03 Å². The van der Waals surface area contributed by atoms with Crippen molar-refractivity contribution in [3.8, 4) is 0 Å². The van der Waals surface area contributed by atoms with Crippen molar-refractivity contribution in [1.82, 2.24) is 10.2 Å². The lowest BCUT2D eigenvalue weighted by Crippen LogP contribution is -2.36. The number of anilines is 3. The van der Waals surface area contributed by atoms with E-state index in [4.69, 9.17) is 17.3 Å². The number of nitrogens with one attached hydrogen (secondary N) is 3. The van der Waals surface area contributed by atoms with Crippen LogP contribution in [0.4, 0.5) is 21.9 Å². The second-order valence-corrected chi connectivity index (χ2v) is 9.87. The lowest BCUT2D eigenvalue weighted by Gasteiger charge is -2.26. The van der Waals surface area contributed by atoms with Crippen LogP contribution in [0.5, 0.6) is 0 Å². The Labute approximate surface area is 223 Å². The standard InChI is InChI=1S/C29H34ClN5O2/c30-24-11-13-25(14-12-24)33-29(37)35(19-3-4-21-15-17-32-18-16-21)20-22-7-9-23(10-8-22)28(36)34-27-6-2-1-5-26(27)31/h1-2,5-14,21,32H,3-4,15-20,31H2,(H,33,37)(H,34,36). The van der Waals surface area contributed by atoms with Crippen molar-refractivity contribution in [2.75, 3.05) is 36.0 Å². The summed E-state index contributed by atoms with van der Waals surface area (Å²) in [7, 11) is 0. The van der Waals surface area contributed by atoms with Crippen LogP contribution >= 0.6 is 11.6 Å². The van der Waals surface area contributed by atoms with Crippen molar-refractivity contribution in [3.05, 3.63) is 88.9 Å². The van der Waals surface area contributed by atoms with Gasteiger partial charge in [-0.2, -0.15) is 0 Å². The van der Waals surface area contributed by atoms with Gasteiger partial charge in [-0.3, -0.25) is 4.79 Å². The minimum absolute atomic E-state index is 0.158. The number of carbonyl (C=O) groups is 2. The average molecular weight is 520 g/mol. The van der Waals surface area contributed by atoms with Crippen molar-refractivity contribution in [1.29, 1.82) is 0 Å². The van der Waals surface area contributed by atoms with E-state index in [2.05, 4.69) is 16.0 Å². The van der Waals surface area contributed by atoms with Crippen LogP contribution in [0, 0.1) is 5.92 Å². The van der Waals surface area contributed by atoms with Crippen molar-refractivity contribution < 1.29 is 9.59 Å². The highest BCUT2D eigenvalue weighted by molar-refractivity contribution is 6.30. The van der Waals surface area contributed by atoms with E-state index >= 15 is 0 Å². The fraction of sp³-hybridized carbons (Fsp3) is 0.310. The molecule has 7 nitrogen and oxygen atoms in total. The van der Waals surface area contributed by atoms with E-state index in [1.165, 1.54) is 12.8 Å². The van der Waals surface area contributed by atoms with Gasteiger partial charge < -0.3 is 26.6 Å². The molecular weight excluding hydrogens is 486 g/mol. The van der Waals surface area contributed by atoms with Gasteiger partial charge in [-0.15, -0.1) is 0 Å². The number of amides is 3. The van der Waals surface area contributed by atoms with E-state index in [1.54, 1.807) is 48.5 Å². The zero-order chi connectivity index (χ0) is 26.0. The van der Waals surface area contributed by atoms with Gasteiger partial charge in [-0.05, 0) is 98.8 Å². The zero-order valence-corrected chi connectivity index (χ0v) is 21.6. The molecule has 3 aromatic carbocycles. The fourth-order valence-electron chi connectivity index (χ4n) is 4.52. The van der Waals surface area contributed by atoms with Crippen LogP contribution < -0.4 is 21.7 Å². The molecule has 1 saturated heterocycles. The Balaban J connectivity index is 1.39. The fourth-order valence-corrected chi connectivity index (χ4v) is 4.64. The Morgan fingerprint density at radius 1 is 0.946 bits per heavy atom. The number of piperidine rings is 1. The first-order chi connectivity index (χ1) is 18.0. The molecule has 1 aliphatic rings. The normalized spacial score (nSPS) is 13.6. The SMILES string of the molecule is Nc1ccccc1NC(=O)c1ccc(CN(CCCC2CCNCC2)C(=O)Nc2ccc(Cl)cc2)cc1. The number of para-hydroxylation sites is 2. The molecular formula is C29H34ClN5O2. The van der Waals surface area contributed by atoms with Gasteiger partial charge in [0.25, 0.3) is 5.91 Å². The highest BCUT2D eigenvalue weighted by atomic mass is 35.5. The highest BCUT2D eigenvalue weighted by Gasteiger charge is 2.18. The maximum Gasteiger partial charge on any atom is 0.322 e. The van der Waals surface area contributed by atoms with Crippen LogP contribution in [0.25, 0.3) is 0 Å². The minimum Gasteiger partial charge on any atom is -0.397 e. The van der Waals surface area contributed by atoms with Gasteiger partial charge in [-0.1, -0.05) is 35.9 Å². The summed E-state index contributed by atoms with van der Waals surface area (Å²) >= 11 is 5.99. The molecule has 3 aromatic rings. The molecule has 0 bridgehead atoms. The van der Waals surface area contributed by atoms with Crippen LogP contribution in [0.1, 0.15) is 41.6 Å². The van der Waals surface area contributed by atoms with Gasteiger partial charge in [0.1, 0.15) is 0 Å². The van der Waals surface area contributed by atoms with Gasteiger partial charge in [-0.25, -0.2) is 4.79 Å². The first-order valence-corrected chi connectivity index (χ1v) is 13.1. The van der Waals surface area contributed by atoms with Crippen LogP contribution in [0.3, 0.4) is 0 Å². The molecule has 1 heterocycles. The molecule has 1 fully saturated rings. The first-order valence-electron chi connectivity index (χ1n) is 12.7. The van der Waals surface area contributed by atoms with Crippen molar-refractivity contribution in [2.24, 2.45) is 5.92 Å². The molecule has 3 amide bonds. The monoisotopic (exact) mass is 519 g/mol. The Bertz CT molecular complexity index is 1180. The third-order valence-corrected chi connectivity index (χ3v) is 6.93. The second-order valence-electron chi connectivity index (χ2n) is 9.43. The largest absolute Gasteiger partial charge is 0.397 e. The smallest absolute Gasteiger partial charge is 0.322 e. The molecule has 0 aromatic heterocycles. The molecule has 0 saturated carbocycles. The van der Waals surface area contributed by atoms with Crippen molar-refractivity contribution in [3.63, 3.8) is 0 Å². The summed E-state index contributed by atoms with van der Waals surface area (Å²) in [4.78, 5) is 27.7. The molecule has 0 radical (unpaired) electrons. The Morgan fingerprint density at radius 2 is 1.65 bits per heavy atom. The number of carbonyl (C=O) groups excluding carboxylic acids is 2. The molecule has 0 spiro atoms. The van der Waals surface area contributed by atoms with Crippen molar-refractivity contribution >= 4 is 40.6 Å². The van der Waals surface area contributed by atoms with E-state index in [1.807, 2.05) is 29.2 Å². The molecule has 0 unspecified atom stereocenters. The third-order valence-electron chi connectivity index (χ3n) is 6.68. The van der Waals surface area contributed by atoms with Crippen LogP contribution in [-0.2, 0) is 6.54 Å². The van der Waals surface area contributed by atoms with Crippen LogP contribution in [0.2, 0.25) is 5.02 Å². The summed E-state index contributed by atoms with van der Waals surface area (Å²) in [5, 5.41) is 9.85. The third kappa shape index (κ3) is 7.97. The second kappa shape index (κ2) is 13.1.